The molecule has 7 nitrogen and oxygen atoms in total. The monoisotopic (exact) mass is 402 g/mol. The number of fused-ring (bicyclic) bond motifs is 1. The highest BCUT2D eigenvalue weighted by molar-refractivity contribution is 6.16. The number of hydrogen-bond donors (Lipinski definition) is 2. The van der Waals surface area contributed by atoms with E-state index in [4.69, 9.17) is 0 Å². The van der Waals surface area contributed by atoms with Crippen molar-refractivity contribution in [2.75, 3.05) is 5.32 Å². The van der Waals surface area contributed by atoms with Crippen molar-refractivity contribution >= 4 is 28.3 Å². The number of carbonyl (C=O) groups excluding carboxylic acids is 1. The van der Waals surface area contributed by atoms with Crippen LogP contribution in [0, 0.1) is 5.95 Å². The number of hydrogen-bond acceptors (Lipinski definition) is 6. The van der Waals surface area contributed by atoms with E-state index in [1.165, 1.54) is 12.4 Å². The molecule has 5 rings (SSSR count). The predicted octanol–water partition coefficient (Wildman–Crippen LogP) is 4.30. The van der Waals surface area contributed by atoms with Crippen LogP contribution in [0.15, 0.2) is 43.0 Å². The molecule has 30 heavy (non-hydrogen) atoms. The normalized spacial score (nSPS) is 13.5. The number of rotatable bonds is 6. The molecule has 1 saturated carbocycles. The second kappa shape index (κ2) is 7.29. The van der Waals surface area contributed by atoms with Crippen molar-refractivity contribution in [2.24, 2.45) is 0 Å². The third-order valence-corrected chi connectivity index (χ3v) is 5.26. The molecule has 8 heteroatoms. The van der Waals surface area contributed by atoms with E-state index in [0.29, 0.717) is 34.0 Å². The highest BCUT2D eigenvalue weighted by Gasteiger charge is 2.30. The Morgan fingerprint density at radius 2 is 2.03 bits per heavy atom. The lowest BCUT2D eigenvalue weighted by Gasteiger charge is -2.08. The number of pyridine rings is 2. The third-order valence-electron chi connectivity index (χ3n) is 5.26. The number of aromatic amines is 1. The molecule has 2 N–H and O–H groups in total. The minimum Gasteiger partial charge on any atom is -0.345 e. The van der Waals surface area contributed by atoms with Crippen LogP contribution in [0.25, 0.3) is 11.0 Å². The minimum absolute atomic E-state index is 0.0912. The summed E-state index contributed by atoms with van der Waals surface area (Å²) in [7, 11) is 0. The second-order valence-electron chi connectivity index (χ2n) is 7.34. The number of H-pyrrole nitrogens is 1. The van der Waals surface area contributed by atoms with Gasteiger partial charge in [0.2, 0.25) is 5.95 Å². The molecule has 4 heterocycles. The van der Waals surface area contributed by atoms with Crippen LogP contribution in [0.2, 0.25) is 0 Å². The summed E-state index contributed by atoms with van der Waals surface area (Å²) in [6.45, 7) is 2.02. The van der Waals surface area contributed by atoms with Gasteiger partial charge in [-0.25, -0.2) is 15.0 Å². The Hall–Kier alpha value is -3.68. The van der Waals surface area contributed by atoms with E-state index in [2.05, 4.69) is 30.2 Å². The maximum absolute atomic E-state index is 14.8. The molecule has 0 saturated heterocycles. The lowest BCUT2D eigenvalue weighted by molar-refractivity contribution is 0.103. The first kappa shape index (κ1) is 18.4. The second-order valence-corrected chi connectivity index (χ2v) is 7.34. The average Bonchev–Trinajstić information content (AvgIpc) is 3.52. The van der Waals surface area contributed by atoms with E-state index >= 15 is 0 Å². The summed E-state index contributed by atoms with van der Waals surface area (Å²) in [5.41, 5.74) is 3.37. The first-order valence-corrected chi connectivity index (χ1v) is 9.89. The molecule has 0 atom stereocenters. The zero-order chi connectivity index (χ0) is 20.7. The predicted molar refractivity (Wildman–Crippen MR) is 110 cm³/mol. The summed E-state index contributed by atoms with van der Waals surface area (Å²) in [4.78, 5) is 32.9. The van der Waals surface area contributed by atoms with Crippen molar-refractivity contribution in [1.29, 1.82) is 0 Å². The van der Waals surface area contributed by atoms with Gasteiger partial charge in [0.1, 0.15) is 17.8 Å². The summed E-state index contributed by atoms with van der Waals surface area (Å²) >= 11 is 0. The minimum atomic E-state index is -0.831. The molecule has 0 aliphatic heterocycles. The molecule has 1 aliphatic rings. The molecule has 4 aromatic rings. The fraction of sp³-hybridized carbons (Fsp3) is 0.227. The molecule has 0 aromatic carbocycles. The molecule has 0 unspecified atom stereocenters. The molecule has 4 aromatic heterocycles. The molecular formula is C22H19FN6O. The van der Waals surface area contributed by atoms with Gasteiger partial charge in [-0.1, -0.05) is 6.92 Å². The number of anilines is 2. The third kappa shape index (κ3) is 3.30. The Morgan fingerprint density at radius 3 is 2.73 bits per heavy atom. The molecule has 0 bridgehead atoms. The topological polar surface area (TPSA) is 96.5 Å². The van der Waals surface area contributed by atoms with Crippen LogP contribution in [0.3, 0.4) is 0 Å². The maximum atomic E-state index is 14.8. The molecule has 0 radical (unpaired) electrons. The number of ketones is 1. The zero-order valence-corrected chi connectivity index (χ0v) is 16.3. The number of nitrogens with zero attached hydrogens (tertiary/aromatic N) is 4. The summed E-state index contributed by atoms with van der Waals surface area (Å²) in [5.74, 6) is -0.637. The number of carbonyl (C=O) groups is 1. The van der Waals surface area contributed by atoms with Crippen LogP contribution in [0.1, 0.15) is 53.0 Å². The lowest BCUT2D eigenvalue weighted by atomic mass is 10.0. The Bertz CT molecular complexity index is 1250. The molecule has 150 valence electrons. The van der Waals surface area contributed by atoms with Crippen LogP contribution in [0.5, 0.6) is 0 Å². The van der Waals surface area contributed by atoms with Crippen LogP contribution < -0.4 is 5.32 Å². The van der Waals surface area contributed by atoms with Crippen molar-refractivity contribution in [1.82, 2.24) is 24.9 Å². The van der Waals surface area contributed by atoms with Gasteiger partial charge in [0, 0.05) is 17.8 Å². The molecule has 0 spiro atoms. The molecular weight excluding hydrogens is 383 g/mol. The van der Waals surface area contributed by atoms with Gasteiger partial charge in [-0.05, 0) is 43.5 Å². The van der Waals surface area contributed by atoms with Crippen molar-refractivity contribution in [3.63, 3.8) is 0 Å². The van der Waals surface area contributed by atoms with Gasteiger partial charge in [-0.15, -0.1) is 0 Å². The Balaban J connectivity index is 1.44. The SMILES string of the molecule is CCc1ccc(Nc2ccc(C(=O)c3c[nH]c4ncnc(C5CC5)c34)c(F)n2)cn1. The number of halogens is 1. The molecule has 1 aliphatic carbocycles. The fourth-order valence-electron chi connectivity index (χ4n) is 3.51. The standard InChI is InChI=1S/C22H19FN6O/c1-2-13-5-6-14(9-24-13)28-17-8-7-15(21(23)29-17)20(30)16-10-25-22-18(16)19(12-3-4-12)26-11-27-22/h5-12H,2-4H2,1H3,(H,28,29)(H,25,26,27). The van der Waals surface area contributed by atoms with Crippen molar-refractivity contribution in [3.05, 3.63) is 71.4 Å². The first-order chi connectivity index (χ1) is 14.6. The van der Waals surface area contributed by atoms with Crippen molar-refractivity contribution < 1.29 is 9.18 Å². The van der Waals surface area contributed by atoms with Gasteiger partial charge >= 0.3 is 0 Å². The van der Waals surface area contributed by atoms with Gasteiger partial charge in [0.25, 0.3) is 0 Å². The van der Waals surface area contributed by atoms with Gasteiger partial charge in [0.15, 0.2) is 5.78 Å². The van der Waals surface area contributed by atoms with E-state index in [0.717, 1.165) is 30.7 Å². The number of aryl methyl sites for hydroxylation is 1. The van der Waals surface area contributed by atoms with Gasteiger partial charge in [-0.3, -0.25) is 9.78 Å². The molecule has 1 fully saturated rings. The highest BCUT2D eigenvalue weighted by Crippen LogP contribution is 2.42. The van der Waals surface area contributed by atoms with E-state index in [9.17, 15) is 9.18 Å². The summed E-state index contributed by atoms with van der Waals surface area (Å²) in [6.07, 6.45) is 7.64. The lowest BCUT2D eigenvalue weighted by Crippen LogP contribution is -2.08. The summed E-state index contributed by atoms with van der Waals surface area (Å²) in [5, 5.41) is 3.68. The van der Waals surface area contributed by atoms with Crippen molar-refractivity contribution in [2.45, 2.75) is 32.1 Å². The number of aromatic nitrogens is 5. The van der Waals surface area contributed by atoms with Crippen LogP contribution in [-0.4, -0.2) is 30.7 Å². The quantitative estimate of drug-likeness (QED) is 0.369. The Labute approximate surface area is 171 Å². The van der Waals surface area contributed by atoms with Gasteiger partial charge < -0.3 is 10.3 Å². The Morgan fingerprint density at radius 1 is 1.17 bits per heavy atom. The summed E-state index contributed by atoms with van der Waals surface area (Å²) in [6, 6.07) is 6.78. The van der Waals surface area contributed by atoms with E-state index in [-0.39, 0.29) is 5.56 Å². The molecule has 0 amide bonds. The zero-order valence-electron chi connectivity index (χ0n) is 16.3. The Kier molecular flexibility index (Phi) is 4.46. The van der Waals surface area contributed by atoms with Crippen LogP contribution in [0.4, 0.5) is 15.9 Å². The highest BCUT2D eigenvalue weighted by atomic mass is 19.1. The summed E-state index contributed by atoms with van der Waals surface area (Å²) < 4.78 is 14.8. The number of nitrogens with one attached hydrogen (secondary N) is 2. The van der Waals surface area contributed by atoms with E-state index in [1.807, 2.05) is 19.1 Å². The van der Waals surface area contributed by atoms with E-state index in [1.54, 1.807) is 18.5 Å². The fourth-order valence-corrected chi connectivity index (χ4v) is 3.51. The smallest absolute Gasteiger partial charge is 0.226 e. The van der Waals surface area contributed by atoms with E-state index < -0.39 is 11.7 Å². The average molecular weight is 402 g/mol. The van der Waals surface area contributed by atoms with Gasteiger partial charge in [0.05, 0.1) is 34.1 Å². The largest absolute Gasteiger partial charge is 0.345 e. The van der Waals surface area contributed by atoms with Crippen LogP contribution >= 0.6 is 0 Å². The first-order valence-electron chi connectivity index (χ1n) is 9.89. The van der Waals surface area contributed by atoms with Crippen molar-refractivity contribution in [3.8, 4) is 0 Å². The van der Waals surface area contributed by atoms with Gasteiger partial charge in [-0.2, -0.15) is 4.39 Å². The maximum Gasteiger partial charge on any atom is 0.226 e. The van der Waals surface area contributed by atoms with Crippen LogP contribution in [-0.2, 0) is 6.42 Å².